The second-order valence-electron chi connectivity index (χ2n) is 7.54. The van der Waals surface area contributed by atoms with Gasteiger partial charge in [0.25, 0.3) is 0 Å². The molecule has 1 aromatic carbocycles. The number of Topliss-reactive ketones (excluding diaryl/α,β-unsaturated/α-hetero) is 1. The number of phenols is 1. The van der Waals surface area contributed by atoms with Gasteiger partial charge in [0.1, 0.15) is 48.3 Å². The third kappa shape index (κ3) is 1.60. The highest BCUT2D eigenvalue weighted by Crippen LogP contribution is 2.39. The number of rotatable bonds is 2. The Morgan fingerprint density at radius 3 is 2.38 bits per heavy atom. The van der Waals surface area contributed by atoms with Crippen molar-refractivity contribution in [2.24, 2.45) is 10.8 Å². The van der Waals surface area contributed by atoms with Crippen molar-refractivity contribution in [2.45, 2.75) is 26.4 Å². The van der Waals surface area contributed by atoms with Gasteiger partial charge in [0.15, 0.2) is 5.78 Å². The quantitative estimate of drug-likeness (QED) is 0.665. The van der Waals surface area contributed by atoms with Gasteiger partial charge in [-0.25, -0.2) is 0 Å². The fourth-order valence-electron chi connectivity index (χ4n) is 5.36. The normalized spacial score (nSPS) is 44.3. The second-order valence-corrected chi connectivity index (χ2v) is 7.54. The lowest BCUT2D eigenvalue weighted by Crippen LogP contribution is -3.41. The largest absolute Gasteiger partial charge is 0.507 e. The van der Waals surface area contributed by atoms with Gasteiger partial charge in [-0.2, -0.15) is 0 Å². The average molecular weight is 288 g/mol. The van der Waals surface area contributed by atoms with Crippen molar-refractivity contribution < 1.29 is 19.7 Å². The molecule has 4 heteroatoms. The summed E-state index contributed by atoms with van der Waals surface area (Å²) in [6.07, 6.45) is 1.23. The first-order chi connectivity index (χ1) is 9.99. The molecule has 1 aromatic rings. The highest BCUT2D eigenvalue weighted by molar-refractivity contribution is 5.91. The molecule has 0 saturated carbocycles. The van der Waals surface area contributed by atoms with E-state index in [0.29, 0.717) is 11.5 Å². The first kappa shape index (κ1) is 13.3. The molecular formula is C17H24N2O2+2. The molecule has 3 N–H and O–H groups in total. The Kier molecular flexibility index (Phi) is 2.58. The number of phenolic OH excluding ortho intramolecular Hbond substituents is 1. The average Bonchev–Trinajstić information content (AvgIpc) is 2.45. The van der Waals surface area contributed by atoms with Crippen molar-refractivity contribution >= 4 is 5.78 Å². The van der Waals surface area contributed by atoms with Gasteiger partial charge in [-0.3, -0.25) is 14.6 Å². The van der Waals surface area contributed by atoms with Crippen molar-refractivity contribution in [3.8, 4) is 5.75 Å². The Hall–Kier alpha value is -1.39. The van der Waals surface area contributed by atoms with Crippen LogP contribution in [0.5, 0.6) is 5.75 Å². The SMILES string of the molecule is CCC12C[NH+]3CC(C)(C[NH+](C1)C3c1ccccc1O)C2=O. The molecule has 2 atom stereocenters. The first-order valence-corrected chi connectivity index (χ1v) is 8.01. The minimum Gasteiger partial charge on any atom is -0.507 e. The van der Waals surface area contributed by atoms with E-state index >= 15 is 0 Å². The summed E-state index contributed by atoms with van der Waals surface area (Å²) in [4.78, 5) is 15.8. The highest BCUT2D eigenvalue weighted by atomic mass is 16.3. The van der Waals surface area contributed by atoms with E-state index in [1.54, 1.807) is 6.07 Å². The molecule has 4 heterocycles. The van der Waals surface area contributed by atoms with Crippen LogP contribution in [0.1, 0.15) is 32.0 Å². The van der Waals surface area contributed by atoms with Gasteiger partial charge >= 0.3 is 0 Å². The number of para-hydroxylation sites is 1. The van der Waals surface area contributed by atoms with E-state index in [-0.39, 0.29) is 17.0 Å². The van der Waals surface area contributed by atoms with Crippen LogP contribution in [0.4, 0.5) is 0 Å². The van der Waals surface area contributed by atoms with Crippen LogP contribution in [0.3, 0.4) is 0 Å². The Morgan fingerprint density at radius 1 is 1.19 bits per heavy atom. The van der Waals surface area contributed by atoms with E-state index in [9.17, 15) is 9.90 Å². The number of quaternary nitrogens is 2. The molecule has 21 heavy (non-hydrogen) atoms. The summed E-state index contributed by atoms with van der Waals surface area (Å²) in [7, 11) is 0. The number of aromatic hydroxyl groups is 1. The topological polar surface area (TPSA) is 46.2 Å². The Balaban J connectivity index is 1.78. The van der Waals surface area contributed by atoms with Crippen LogP contribution < -0.4 is 9.80 Å². The maximum atomic E-state index is 12.9. The Bertz CT molecular complexity index is 597. The highest BCUT2D eigenvalue weighted by Gasteiger charge is 2.69. The van der Waals surface area contributed by atoms with Gasteiger partial charge in [-0.05, 0) is 25.5 Å². The summed E-state index contributed by atoms with van der Waals surface area (Å²) < 4.78 is 0. The lowest BCUT2D eigenvalue weighted by Gasteiger charge is -2.59. The van der Waals surface area contributed by atoms with Crippen LogP contribution in [0.25, 0.3) is 0 Å². The fraction of sp³-hybridized carbons (Fsp3) is 0.588. The Labute approximate surface area is 125 Å². The molecular weight excluding hydrogens is 264 g/mol. The summed E-state index contributed by atoms with van der Waals surface area (Å²) >= 11 is 0. The molecule has 4 fully saturated rings. The molecule has 4 saturated heterocycles. The van der Waals surface area contributed by atoms with E-state index in [1.165, 1.54) is 9.80 Å². The zero-order chi connectivity index (χ0) is 14.8. The standard InChI is InChI=1S/C17H22N2O2/c1-3-17-10-18-8-16(2,15(17)21)9-19(11-17)14(18)12-6-4-5-7-13(12)20/h4-7,14,20H,3,8-11H2,1-2H3/p+2. The van der Waals surface area contributed by atoms with Gasteiger partial charge in [-0.1, -0.05) is 19.1 Å². The van der Waals surface area contributed by atoms with Crippen LogP contribution in [0.15, 0.2) is 24.3 Å². The number of carbonyl (C=O) groups is 1. The van der Waals surface area contributed by atoms with E-state index in [1.807, 2.05) is 18.2 Å². The number of hydrogen-bond acceptors (Lipinski definition) is 2. The molecule has 0 amide bonds. The third-order valence-electron chi connectivity index (χ3n) is 6.14. The molecule has 4 bridgehead atoms. The predicted octanol–water partition coefficient (Wildman–Crippen LogP) is -0.827. The van der Waals surface area contributed by atoms with Crippen molar-refractivity contribution in [1.82, 2.24) is 0 Å². The van der Waals surface area contributed by atoms with Crippen LogP contribution in [-0.2, 0) is 4.79 Å². The lowest BCUT2D eigenvalue weighted by molar-refractivity contribution is -1.18. The van der Waals surface area contributed by atoms with Gasteiger partial charge < -0.3 is 5.11 Å². The van der Waals surface area contributed by atoms with Gasteiger partial charge in [-0.15, -0.1) is 0 Å². The molecule has 5 rings (SSSR count). The van der Waals surface area contributed by atoms with Gasteiger partial charge in [0.05, 0.1) is 0 Å². The van der Waals surface area contributed by atoms with Crippen LogP contribution >= 0.6 is 0 Å². The summed E-state index contributed by atoms with van der Waals surface area (Å²) in [6.45, 7) is 8.00. The van der Waals surface area contributed by atoms with E-state index in [0.717, 1.165) is 38.2 Å². The van der Waals surface area contributed by atoms with E-state index < -0.39 is 0 Å². The number of ketones is 1. The maximum absolute atomic E-state index is 12.9. The molecule has 2 unspecified atom stereocenters. The van der Waals surface area contributed by atoms with Crippen LogP contribution in [-0.4, -0.2) is 37.1 Å². The number of piperidine rings is 2. The number of nitrogens with one attached hydrogen (secondary N) is 2. The Morgan fingerprint density at radius 2 is 1.81 bits per heavy atom. The molecule has 0 radical (unpaired) electrons. The summed E-state index contributed by atoms with van der Waals surface area (Å²) in [5, 5.41) is 10.2. The van der Waals surface area contributed by atoms with Crippen LogP contribution in [0, 0.1) is 10.8 Å². The zero-order valence-electron chi connectivity index (χ0n) is 12.8. The molecule has 112 valence electrons. The smallest absolute Gasteiger partial charge is 0.243 e. The summed E-state index contributed by atoms with van der Waals surface area (Å²) in [5.41, 5.74) is 0.748. The number of hydrogen-bond donors (Lipinski definition) is 3. The van der Waals surface area contributed by atoms with Crippen molar-refractivity contribution in [3.05, 3.63) is 29.8 Å². The lowest BCUT2D eigenvalue weighted by atomic mass is 9.60. The minimum absolute atomic E-state index is 0.128. The van der Waals surface area contributed by atoms with Crippen molar-refractivity contribution in [2.75, 3.05) is 26.2 Å². The van der Waals surface area contributed by atoms with Crippen molar-refractivity contribution in [1.29, 1.82) is 0 Å². The number of benzene rings is 1. The molecule has 4 nitrogen and oxygen atoms in total. The van der Waals surface area contributed by atoms with E-state index in [2.05, 4.69) is 13.8 Å². The predicted molar refractivity (Wildman–Crippen MR) is 78.1 cm³/mol. The minimum atomic E-state index is -0.169. The summed E-state index contributed by atoms with van der Waals surface area (Å²) in [5.74, 6) is 0.901. The third-order valence-corrected chi connectivity index (χ3v) is 6.14. The number of carbonyl (C=O) groups excluding carboxylic acids is 1. The molecule has 0 aliphatic carbocycles. The van der Waals surface area contributed by atoms with Crippen LogP contribution in [0.2, 0.25) is 0 Å². The van der Waals surface area contributed by atoms with E-state index in [4.69, 9.17) is 0 Å². The molecule has 0 aromatic heterocycles. The molecule has 4 aliphatic rings. The van der Waals surface area contributed by atoms with Gasteiger partial charge in [0, 0.05) is 0 Å². The monoisotopic (exact) mass is 288 g/mol. The first-order valence-electron chi connectivity index (χ1n) is 8.01. The zero-order valence-corrected chi connectivity index (χ0v) is 12.8. The fourth-order valence-corrected chi connectivity index (χ4v) is 5.36. The van der Waals surface area contributed by atoms with Crippen molar-refractivity contribution in [3.63, 3.8) is 0 Å². The molecule has 4 aliphatic heterocycles. The summed E-state index contributed by atoms with van der Waals surface area (Å²) in [6, 6.07) is 7.71. The maximum Gasteiger partial charge on any atom is 0.243 e. The van der Waals surface area contributed by atoms with Gasteiger partial charge in [0.2, 0.25) is 6.17 Å². The second kappa shape index (κ2) is 4.08. The molecule has 0 spiro atoms.